The van der Waals surface area contributed by atoms with E-state index in [1.165, 1.54) is 30.0 Å². The van der Waals surface area contributed by atoms with Crippen molar-refractivity contribution in [3.8, 4) is 5.75 Å². The number of amides is 1. The zero-order valence-corrected chi connectivity index (χ0v) is 15.7. The highest BCUT2D eigenvalue weighted by molar-refractivity contribution is 7.99. The number of aromatic amines is 1. The lowest BCUT2D eigenvalue weighted by atomic mass is 10.1. The number of carbonyl (C=O) groups is 1. The van der Waals surface area contributed by atoms with E-state index >= 15 is 0 Å². The van der Waals surface area contributed by atoms with Crippen LogP contribution in [0.5, 0.6) is 5.75 Å². The molecule has 0 aliphatic heterocycles. The van der Waals surface area contributed by atoms with Crippen LogP contribution in [0.3, 0.4) is 0 Å². The first kappa shape index (κ1) is 20.9. The fraction of sp³-hybridized carbons (Fsp3) is 0.389. The number of aryl methyl sites for hydroxylation is 1. The molecule has 0 radical (unpaired) electrons. The number of benzene rings is 1. The molecule has 0 aliphatic rings. The van der Waals surface area contributed by atoms with Crippen LogP contribution in [0, 0.1) is 0 Å². The highest BCUT2D eigenvalue weighted by Crippen LogP contribution is 2.15. The number of rotatable bonds is 10. The molecule has 27 heavy (non-hydrogen) atoms. The Hall–Kier alpha value is -2.42. The molecule has 146 valence electrons. The zero-order chi connectivity index (χ0) is 19.6. The molecule has 2 rings (SSSR count). The molecule has 1 aromatic carbocycles. The normalized spacial score (nSPS) is 10.8. The molecule has 0 aliphatic carbocycles. The van der Waals surface area contributed by atoms with Crippen molar-refractivity contribution in [3.63, 3.8) is 0 Å². The average Bonchev–Trinajstić information content (AvgIpc) is 2.61. The molecular weight excluding hydrogens is 376 g/mol. The van der Waals surface area contributed by atoms with Crippen molar-refractivity contribution < 1.29 is 18.3 Å². The van der Waals surface area contributed by atoms with Crippen LogP contribution >= 0.6 is 11.8 Å². The van der Waals surface area contributed by atoms with Crippen LogP contribution in [0.25, 0.3) is 0 Å². The van der Waals surface area contributed by atoms with Gasteiger partial charge in [-0.3, -0.25) is 9.59 Å². The van der Waals surface area contributed by atoms with Crippen molar-refractivity contribution >= 4 is 17.7 Å². The quantitative estimate of drug-likeness (QED) is 0.476. The van der Waals surface area contributed by atoms with Crippen LogP contribution in [0.1, 0.15) is 24.6 Å². The Balaban J connectivity index is 1.74. The monoisotopic (exact) mass is 397 g/mol. The van der Waals surface area contributed by atoms with Crippen LogP contribution in [0.4, 0.5) is 8.78 Å². The summed E-state index contributed by atoms with van der Waals surface area (Å²) in [7, 11) is 0. The summed E-state index contributed by atoms with van der Waals surface area (Å²) >= 11 is 1.17. The van der Waals surface area contributed by atoms with Crippen LogP contribution in [-0.2, 0) is 17.6 Å². The number of carbonyl (C=O) groups excluding carboxylic acids is 1. The van der Waals surface area contributed by atoms with Crippen LogP contribution in [0.2, 0.25) is 0 Å². The van der Waals surface area contributed by atoms with E-state index in [0.717, 1.165) is 12.0 Å². The van der Waals surface area contributed by atoms with Gasteiger partial charge < -0.3 is 15.0 Å². The van der Waals surface area contributed by atoms with E-state index in [-0.39, 0.29) is 23.0 Å². The van der Waals surface area contributed by atoms with E-state index in [0.29, 0.717) is 30.2 Å². The van der Waals surface area contributed by atoms with Gasteiger partial charge >= 0.3 is 6.61 Å². The Bertz CT molecular complexity index is 797. The molecule has 1 heterocycles. The number of aromatic nitrogens is 2. The number of thioether (sulfide) groups is 1. The highest BCUT2D eigenvalue weighted by Gasteiger charge is 2.07. The molecule has 0 bridgehead atoms. The first-order chi connectivity index (χ1) is 13.0. The van der Waals surface area contributed by atoms with Crippen LogP contribution in [-0.4, -0.2) is 34.8 Å². The third-order valence-corrected chi connectivity index (χ3v) is 4.38. The first-order valence-electron chi connectivity index (χ1n) is 8.49. The van der Waals surface area contributed by atoms with Gasteiger partial charge in [0, 0.05) is 18.3 Å². The van der Waals surface area contributed by atoms with Crippen molar-refractivity contribution in [2.75, 3.05) is 12.3 Å². The summed E-state index contributed by atoms with van der Waals surface area (Å²) in [6.45, 7) is -0.434. The van der Waals surface area contributed by atoms with Gasteiger partial charge in [-0.15, -0.1) is 0 Å². The molecule has 0 saturated heterocycles. The SMILES string of the molecule is CCCc1cc(=O)[nH]c(SCC(=O)NCCc2ccc(OC(F)F)cc2)n1. The molecule has 0 saturated carbocycles. The van der Waals surface area contributed by atoms with Gasteiger partial charge in [-0.25, -0.2) is 4.98 Å². The molecule has 2 aromatic rings. The fourth-order valence-corrected chi connectivity index (χ4v) is 3.03. The minimum absolute atomic E-state index is 0.0981. The van der Waals surface area contributed by atoms with Gasteiger partial charge in [-0.2, -0.15) is 8.78 Å². The predicted molar refractivity (Wildman–Crippen MR) is 99.4 cm³/mol. The molecular formula is C18H21F2N3O3S. The van der Waals surface area contributed by atoms with Gasteiger partial charge in [0.1, 0.15) is 5.75 Å². The Morgan fingerprint density at radius 1 is 1.30 bits per heavy atom. The number of nitrogens with one attached hydrogen (secondary N) is 2. The first-order valence-corrected chi connectivity index (χ1v) is 9.48. The summed E-state index contributed by atoms with van der Waals surface area (Å²) in [6.07, 6.45) is 2.16. The van der Waals surface area contributed by atoms with Crippen LogP contribution < -0.4 is 15.6 Å². The maximum atomic E-state index is 12.1. The lowest BCUT2D eigenvalue weighted by Crippen LogP contribution is -2.27. The number of hydrogen-bond donors (Lipinski definition) is 2. The van der Waals surface area contributed by atoms with Gasteiger partial charge in [0.25, 0.3) is 5.56 Å². The lowest BCUT2D eigenvalue weighted by molar-refractivity contribution is -0.118. The molecule has 9 heteroatoms. The zero-order valence-electron chi connectivity index (χ0n) is 14.8. The topological polar surface area (TPSA) is 84.1 Å². The van der Waals surface area contributed by atoms with Crippen molar-refractivity contribution in [1.82, 2.24) is 15.3 Å². The second kappa shape index (κ2) is 10.7. The summed E-state index contributed by atoms with van der Waals surface area (Å²) in [6, 6.07) is 7.74. The summed E-state index contributed by atoms with van der Waals surface area (Å²) < 4.78 is 28.5. The third kappa shape index (κ3) is 7.78. The van der Waals surface area contributed by atoms with Crippen LogP contribution in [0.15, 0.2) is 40.3 Å². The summed E-state index contributed by atoms with van der Waals surface area (Å²) in [5.74, 6) is 0.0573. The molecule has 0 fully saturated rings. The average molecular weight is 397 g/mol. The molecule has 0 spiro atoms. The number of halogens is 2. The largest absolute Gasteiger partial charge is 0.435 e. The van der Waals surface area contributed by atoms with E-state index < -0.39 is 6.61 Å². The minimum atomic E-state index is -2.85. The van der Waals surface area contributed by atoms with Crippen molar-refractivity contribution in [1.29, 1.82) is 0 Å². The van der Waals surface area contributed by atoms with Crippen molar-refractivity contribution in [2.24, 2.45) is 0 Å². The lowest BCUT2D eigenvalue weighted by Gasteiger charge is -2.07. The van der Waals surface area contributed by atoms with Gasteiger partial charge in [-0.1, -0.05) is 37.2 Å². The summed E-state index contributed by atoms with van der Waals surface area (Å²) in [5, 5.41) is 3.20. The molecule has 0 unspecified atom stereocenters. The summed E-state index contributed by atoms with van der Waals surface area (Å²) in [4.78, 5) is 30.4. The third-order valence-electron chi connectivity index (χ3n) is 3.50. The molecule has 6 nitrogen and oxygen atoms in total. The van der Waals surface area contributed by atoms with E-state index in [1.54, 1.807) is 12.1 Å². The minimum Gasteiger partial charge on any atom is -0.435 e. The van der Waals surface area contributed by atoms with Gasteiger partial charge in [0.05, 0.1) is 5.75 Å². The predicted octanol–water partition coefficient (Wildman–Crippen LogP) is 2.77. The Morgan fingerprint density at radius 2 is 2.04 bits per heavy atom. The van der Waals surface area contributed by atoms with Crippen molar-refractivity contribution in [3.05, 3.63) is 51.9 Å². The molecule has 2 N–H and O–H groups in total. The van der Waals surface area contributed by atoms with Gasteiger partial charge in [0.15, 0.2) is 5.16 Å². The Kier molecular flexibility index (Phi) is 8.25. The molecule has 1 amide bonds. The number of alkyl halides is 2. The van der Waals surface area contributed by atoms with Gasteiger partial charge in [0.2, 0.25) is 5.91 Å². The second-order valence-corrected chi connectivity index (χ2v) is 6.67. The number of H-pyrrole nitrogens is 1. The molecule has 0 atom stereocenters. The maximum Gasteiger partial charge on any atom is 0.387 e. The number of hydrogen-bond acceptors (Lipinski definition) is 5. The smallest absolute Gasteiger partial charge is 0.387 e. The summed E-state index contributed by atoms with van der Waals surface area (Å²) in [5.41, 5.74) is 1.38. The van der Waals surface area contributed by atoms with E-state index in [1.807, 2.05) is 6.92 Å². The van der Waals surface area contributed by atoms with Gasteiger partial charge in [-0.05, 0) is 30.5 Å². The molecule has 1 aromatic heterocycles. The van der Waals surface area contributed by atoms with E-state index in [9.17, 15) is 18.4 Å². The van der Waals surface area contributed by atoms with Crippen molar-refractivity contribution in [2.45, 2.75) is 38.0 Å². The Morgan fingerprint density at radius 3 is 2.70 bits per heavy atom. The van der Waals surface area contributed by atoms with E-state index in [4.69, 9.17) is 0 Å². The fourth-order valence-electron chi connectivity index (χ4n) is 2.30. The number of ether oxygens (including phenoxy) is 1. The second-order valence-electron chi connectivity index (χ2n) is 5.70. The maximum absolute atomic E-state index is 12.1. The highest BCUT2D eigenvalue weighted by atomic mass is 32.2. The Labute approximate surface area is 159 Å². The number of nitrogens with zero attached hydrogens (tertiary/aromatic N) is 1. The van der Waals surface area contributed by atoms with E-state index in [2.05, 4.69) is 20.0 Å². The standard InChI is InChI=1S/C18H21F2N3O3S/c1-2-3-13-10-15(24)23-18(22-13)27-11-16(25)21-9-8-12-4-6-14(7-5-12)26-17(19)20/h4-7,10,17H,2-3,8-9,11H2,1H3,(H,21,25)(H,22,23,24).